The zero-order valence-electron chi connectivity index (χ0n) is 14.0. The third-order valence-corrected chi connectivity index (χ3v) is 5.21. The molecule has 0 saturated carbocycles. The molecule has 0 N–H and O–H groups in total. The van der Waals surface area contributed by atoms with Crippen molar-refractivity contribution in [3.63, 3.8) is 0 Å². The van der Waals surface area contributed by atoms with Gasteiger partial charge < -0.3 is 9.80 Å². The highest BCUT2D eigenvalue weighted by molar-refractivity contribution is 7.14. The zero-order chi connectivity index (χ0) is 15.7. The number of hydrogen-bond acceptors (Lipinski definition) is 4. The molecule has 1 aromatic carbocycles. The Morgan fingerprint density at radius 2 is 1.64 bits per heavy atom. The topological polar surface area (TPSA) is 19.4 Å². The smallest absolute Gasteiger partial charge is 0.185 e. The molecule has 0 bridgehead atoms. The Hall–Kier alpha value is -1.39. The maximum absolute atomic E-state index is 4.85. The first-order chi connectivity index (χ1) is 10.4. The first-order valence-corrected chi connectivity index (χ1v) is 8.81. The summed E-state index contributed by atoms with van der Waals surface area (Å²) in [5, 5.41) is 3.34. The second-order valence-electron chi connectivity index (χ2n) is 7.13. The quantitative estimate of drug-likeness (QED) is 0.839. The molecule has 3 nitrogen and oxygen atoms in total. The summed E-state index contributed by atoms with van der Waals surface area (Å²) >= 11 is 1.76. The van der Waals surface area contributed by atoms with Crippen LogP contribution in [0.2, 0.25) is 0 Å². The lowest BCUT2D eigenvalue weighted by Crippen LogP contribution is -2.44. The third-order valence-electron chi connectivity index (χ3n) is 4.31. The Bertz CT molecular complexity index is 617. The van der Waals surface area contributed by atoms with Crippen molar-refractivity contribution in [2.45, 2.75) is 26.2 Å². The highest BCUT2D eigenvalue weighted by Crippen LogP contribution is 2.30. The van der Waals surface area contributed by atoms with Crippen LogP contribution in [-0.2, 0) is 5.41 Å². The molecule has 4 heteroatoms. The van der Waals surface area contributed by atoms with Gasteiger partial charge in [-0.25, -0.2) is 4.98 Å². The largest absolute Gasteiger partial charge is 0.346 e. The highest BCUT2D eigenvalue weighted by atomic mass is 32.1. The maximum Gasteiger partial charge on any atom is 0.185 e. The fourth-order valence-corrected chi connectivity index (χ4v) is 3.57. The number of anilines is 1. The summed E-state index contributed by atoms with van der Waals surface area (Å²) in [6.45, 7) is 11.1. The van der Waals surface area contributed by atoms with E-state index >= 15 is 0 Å². The van der Waals surface area contributed by atoms with Crippen LogP contribution in [0.5, 0.6) is 0 Å². The van der Waals surface area contributed by atoms with E-state index in [0.717, 1.165) is 37.0 Å². The van der Waals surface area contributed by atoms with E-state index in [9.17, 15) is 0 Å². The summed E-state index contributed by atoms with van der Waals surface area (Å²) < 4.78 is 0. The summed E-state index contributed by atoms with van der Waals surface area (Å²) in [5.41, 5.74) is 3.88. The monoisotopic (exact) mass is 315 g/mol. The number of piperazine rings is 1. The molecule has 118 valence electrons. The lowest BCUT2D eigenvalue weighted by Gasteiger charge is -2.32. The van der Waals surface area contributed by atoms with E-state index in [2.05, 4.69) is 67.3 Å². The Labute approximate surface area is 137 Å². The molecule has 0 aliphatic carbocycles. The number of nitrogens with zero attached hydrogens (tertiary/aromatic N) is 3. The van der Waals surface area contributed by atoms with Gasteiger partial charge in [-0.1, -0.05) is 45.0 Å². The minimum absolute atomic E-state index is 0.200. The van der Waals surface area contributed by atoms with Crippen molar-refractivity contribution in [3.05, 3.63) is 35.2 Å². The summed E-state index contributed by atoms with van der Waals surface area (Å²) in [6.07, 6.45) is 0. The van der Waals surface area contributed by atoms with Crippen LogP contribution >= 0.6 is 11.3 Å². The predicted octanol–water partition coefficient (Wildman–Crippen LogP) is 3.86. The first-order valence-electron chi connectivity index (χ1n) is 7.93. The summed E-state index contributed by atoms with van der Waals surface area (Å²) in [7, 11) is 2.18. The highest BCUT2D eigenvalue weighted by Gasteiger charge is 2.18. The Morgan fingerprint density at radius 3 is 2.23 bits per heavy atom. The van der Waals surface area contributed by atoms with Gasteiger partial charge in [-0.15, -0.1) is 11.3 Å². The average molecular weight is 315 g/mol. The Kier molecular flexibility index (Phi) is 4.24. The molecule has 3 rings (SSSR count). The molecule has 2 heterocycles. The third kappa shape index (κ3) is 3.33. The first kappa shape index (κ1) is 15.5. The molecule has 1 saturated heterocycles. The number of likely N-dealkylation sites (N-methyl/N-ethyl adjacent to an activating group) is 1. The van der Waals surface area contributed by atoms with Crippen LogP contribution in [0, 0.1) is 0 Å². The second kappa shape index (κ2) is 6.01. The fourth-order valence-electron chi connectivity index (χ4n) is 2.68. The molecule has 0 spiro atoms. The van der Waals surface area contributed by atoms with Gasteiger partial charge in [0.15, 0.2) is 5.13 Å². The van der Waals surface area contributed by atoms with Crippen molar-refractivity contribution in [1.82, 2.24) is 9.88 Å². The number of hydrogen-bond donors (Lipinski definition) is 0. The van der Waals surface area contributed by atoms with E-state index in [1.54, 1.807) is 11.3 Å². The van der Waals surface area contributed by atoms with Crippen molar-refractivity contribution in [2.75, 3.05) is 38.1 Å². The van der Waals surface area contributed by atoms with Crippen LogP contribution in [-0.4, -0.2) is 43.1 Å². The number of rotatable bonds is 2. The van der Waals surface area contributed by atoms with Gasteiger partial charge in [0.2, 0.25) is 0 Å². The maximum atomic E-state index is 4.85. The van der Waals surface area contributed by atoms with Gasteiger partial charge in [0.25, 0.3) is 0 Å². The fraction of sp³-hybridized carbons (Fsp3) is 0.500. The van der Waals surface area contributed by atoms with Crippen LogP contribution in [0.4, 0.5) is 5.13 Å². The van der Waals surface area contributed by atoms with E-state index in [4.69, 9.17) is 4.98 Å². The van der Waals surface area contributed by atoms with E-state index in [1.165, 1.54) is 11.1 Å². The van der Waals surface area contributed by atoms with Gasteiger partial charge in [0.1, 0.15) is 0 Å². The molecule has 1 aliphatic heterocycles. The van der Waals surface area contributed by atoms with Gasteiger partial charge in [-0.2, -0.15) is 0 Å². The lowest BCUT2D eigenvalue weighted by atomic mass is 9.86. The molecular formula is C18H25N3S. The predicted molar refractivity (Wildman–Crippen MR) is 96.0 cm³/mol. The number of aromatic nitrogens is 1. The molecule has 0 radical (unpaired) electrons. The van der Waals surface area contributed by atoms with Crippen molar-refractivity contribution < 1.29 is 0 Å². The minimum Gasteiger partial charge on any atom is -0.346 e. The van der Waals surface area contributed by atoms with Crippen LogP contribution in [0.1, 0.15) is 26.3 Å². The van der Waals surface area contributed by atoms with E-state index in [-0.39, 0.29) is 5.41 Å². The van der Waals surface area contributed by atoms with Crippen LogP contribution in [0.25, 0.3) is 11.3 Å². The van der Waals surface area contributed by atoms with Gasteiger partial charge in [0.05, 0.1) is 5.69 Å². The van der Waals surface area contributed by atoms with Crippen molar-refractivity contribution in [3.8, 4) is 11.3 Å². The molecular weight excluding hydrogens is 290 g/mol. The minimum atomic E-state index is 0.200. The zero-order valence-corrected chi connectivity index (χ0v) is 14.8. The molecule has 2 aromatic rings. The van der Waals surface area contributed by atoms with Crippen molar-refractivity contribution >= 4 is 16.5 Å². The average Bonchev–Trinajstić information content (AvgIpc) is 2.97. The van der Waals surface area contributed by atoms with E-state index in [1.807, 2.05) is 0 Å². The van der Waals surface area contributed by atoms with Crippen molar-refractivity contribution in [1.29, 1.82) is 0 Å². The van der Waals surface area contributed by atoms with E-state index in [0.29, 0.717) is 0 Å². The van der Waals surface area contributed by atoms with Crippen LogP contribution in [0.15, 0.2) is 29.6 Å². The number of benzene rings is 1. The second-order valence-corrected chi connectivity index (χ2v) is 7.97. The Morgan fingerprint density at radius 1 is 1.00 bits per heavy atom. The van der Waals surface area contributed by atoms with Gasteiger partial charge in [-0.3, -0.25) is 0 Å². The molecule has 0 amide bonds. The Balaban J connectivity index is 1.76. The van der Waals surface area contributed by atoms with Crippen LogP contribution in [0.3, 0.4) is 0 Å². The summed E-state index contributed by atoms with van der Waals surface area (Å²) in [6, 6.07) is 8.85. The molecule has 1 fully saturated rings. The normalized spacial score (nSPS) is 17.0. The molecule has 1 aromatic heterocycles. The molecule has 1 aliphatic rings. The van der Waals surface area contributed by atoms with Gasteiger partial charge in [-0.05, 0) is 18.0 Å². The van der Waals surface area contributed by atoms with Crippen LogP contribution < -0.4 is 4.90 Å². The number of thiazole rings is 1. The molecule has 0 atom stereocenters. The lowest BCUT2D eigenvalue weighted by molar-refractivity contribution is 0.313. The van der Waals surface area contributed by atoms with Crippen molar-refractivity contribution in [2.24, 2.45) is 0 Å². The van der Waals surface area contributed by atoms with Gasteiger partial charge >= 0.3 is 0 Å². The summed E-state index contributed by atoms with van der Waals surface area (Å²) in [5.74, 6) is 0. The molecule has 22 heavy (non-hydrogen) atoms. The van der Waals surface area contributed by atoms with Gasteiger partial charge in [0, 0.05) is 37.1 Å². The van der Waals surface area contributed by atoms with E-state index < -0.39 is 0 Å². The standard InChI is InChI=1S/C18H25N3S/c1-18(2,3)15-7-5-14(6-8-15)16-13-22-17(19-16)21-11-9-20(4)10-12-21/h5-8,13H,9-12H2,1-4H3. The molecule has 0 unspecified atom stereocenters. The SMILES string of the molecule is CN1CCN(c2nc(-c3ccc(C(C)(C)C)cc3)cs2)CC1. The summed E-state index contributed by atoms with van der Waals surface area (Å²) in [4.78, 5) is 9.62.